The van der Waals surface area contributed by atoms with Crippen LogP contribution in [0.3, 0.4) is 0 Å². The van der Waals surface area contributed by atoms with E-state index in [0.717, 1.165) is 18.6 Å². The minimum absolute atomic E-state index is 0.940. The van der Waals surface area contributed by atoms with Crippen molar-refractivity contribution in [2.24, 2.45) is 0 Å². The second kappa shape index (κ2) is 1.98. The quantitative estimate of drug-likeness (QED) is 0.550. The lowest BCUT2D eigenvalue weighted by molar-refractivity contribution is 0.280. The van der Waals surface area contributed by atoms with Crippen LogP contribution in [0.4, 0.5) is 0 Å². The van der Waals surface area contributed by atoms with Crippen LogP contribution in [-0.2, 0) is 0 Å². The molecule has 0 aromatic heterocycles. The molecule has 1 heteroatoms. The van der Waals surface area contributed by atoms with Crippen LogP contribution in [0.25, 0.3) is 0 Å². The number of hydrogen-bond acceptors (Lipinski definition) is 1. The van der Waals surface area contributed by atoms with E-state index in [1.165, 1.54) is 25.7 Å². The maximum atomic E-state index is 3.93. The molecule has 9 heavy (non-hydrogen) atoms. The van der Waals surface area contributed by atoms with E-state index in [0.29, 0.717) is 0 Å². The predicted molar refractivity (Wildman–Crippen MR) is 38.1 cm³/mol. The molecule has 1 radical (unpaired) electrons. The monoisotopic (exact) mass is 124 g/mol. The summed E-state index contributed by atoms with van der Waals surface area (Å²) in [7, 11) is 0. The van der Waals surface area contributed by atoms with Crippen LogP contribution in [0.15, 0.2) is 0 Å². The largest absolute Gasteiger partial charge is 0.297 e. The molecule has 0 aliphatic heterocycles. The number of hydrogen-bond donors (Lipinski definition) is 0. The van der Waals surface area contributed by atoms with Crippen molar-refractivity contribution in [1.29, 1.82) is 0 Å². The van der Waals surface area contributed by atoms with Gasteiger partial charge in [0.25, 0.3) is 0 Å². The third-order valence-electron chi connectivity index (χ3n) is 2.29. The van der Waals surface area contributed by atoms with Crippen LogP contribution < -0.4 is 0 Å². The van der Waals surface area contributed by atoms with Gasteiger partial charge in [-0.15, -0.1) is 0 Å². The van der Waals surface area contributed by atoms with Crippen molar-refractivity contribution in [2.45, 2.75) is 37.8 Å². The zero-order valence-corrected chi connectivity index (χ0v) is 5.84. The Bertz CT molecular complexity index is 91.1. The fourth-order valence-electron chi connectivity index (χ4n) is 1.48. The molecule has 2 aliphatic rings. The Balaban J connectivity index is 1.85. The first kappa shape index (κ1) is 5.72. The molecule has 0 aromatic carbocycles. The standard InChI is InChI=1S/C8H14N/c1-2-9(7-3-4-7)8-5-6-8/h7-8H,1-6H2. The van der Waals surface area contributed by atoms with Crippen LogP contribution in [0, 0.1) is 6.92 Å². The lowest BCUT2D eigenvalue weighted by atomic mass is 10.4. The van der Waals surface area contributed by atoms with Gasteiger partial charge < -0.3 is 0 Å². The molecule has 0 atom stereocenters. The lowest BCUT2D eigenvalue weighted by Crippen LogP contribution is -2.27. The highest BCUT2D eigenvalue weighted by Crippen LogP contribution is 2.36. The second-order valence-corrected chi connectivity index (χ2v) is 3.20. The smallest absolute Gasteiger partial charge is 0.00993 e. The van der Waals surface area contributed by atoms with Gasteiger partial charge in [-0.05, 0) is 39.2 Å². The maximum absolute atomic E-state index is 3.93. The molecular formula is C8H14N. The molecule has 0 saturated heterocycles. The zero-order valence-electron chi connectivity index (χ0n) is 5.84. The van der Waals surface area contributed by atoms with Crippen LogP contribution in [0.5, 0.6) is 0 Å². The molecule has 51 valence electrons. The van der Waals surface area contributed by atoms with Gasteiger partial charge in [-0.25, -0.2) is 0 Å². The highest BCUT2D eigenvalue weighted by molar-refractivity contribution is 4.94. The Morgan fingerprint density at radius 2 is 1.56 bits per heavy atom. The summed E-state index contributed by atoms with van der Waals surface area (Å²) in [5.74, 6) is 0. The highest BCUT2D eigenvalue weighted by atomic mass is 15.2. The zero-order chi connectivity index (χ0) is 6.27. The van der Waals surface area contributed by atoms with Gasteiger partial charge in [-0.3, -0.25) is 4.90 Å². The molecule has 0 spiro atoms. The summed E-state index contributed by atoms with van der Waals surface area (Å²) in [5.41, 5.74) is 0. The van der Waals surface area contributed by atoms with Crippen LogP contribution >= 0.6 is 0 Å². The Morgan fingerprint density at radius 3 is 1.78 bits per heavy atom. The van der Waals surface area contributed by atoms with E-state index in [1.807, 2.05) is 0 Å². The summed E-state index contributed by atoms with van der Waals surface area (Å²) < 4.78 is 0. The minimum atomic E-state index is 0.940. The second-order valence-electron chi connectivity index (χ2n) is 3.20. The molecule has 0 aromatic rings. The molecule has 0 heterocycles. The Kier molecular flexibility index (Phi) is 1.26. The summed E-state index contributed by atoms with van der Waals surface area (Å²) >= 11 is 0. The van der Waals surface area contributed by atoms with Crippen molar-refractivity contribution < 1.29 is 0 Å². The first-order valence-corrected chi connectivity index (χ1v) is 3.97. The third-order valence-corrected chi connectivity index (χ3v) is 2.29. The van der Waals surface area contributed by atoms with E-state index in [1.54, 1.807) is 0 Å². The van der Waals surface area contributed by atoms with Gasteiger partial charge in [0.1, 0.15) is 0 Å². The van der Waals surface area contributed by atoms with Gasteiger partial charge in [-0.1, -0.05) is 0 Å². The molecule has 2 rings (SSSR count). The normalized spacial score (nSPS) is 27.3. The first-order chi connectivity index (χ1) is 4.42. The fraction of sp³-hybridized carbons (Fsp3) is 0.875. The molecule has 0 N–H and O–H groups in total. The molecule has 0 unspecified atom stereocenters. The van der Waals surface area contributed by atoms with Crippen LogP contribution in [0.2, 0.25) is 0 Å². The van der Waals surface area contributed by atoms with E-state index >= 15 is 0 Å². The summed E-state index contributed by atoms with van der Waals surface area (Å²) in [6, 6.07) is 1.88. The number of rotatable bonds is 3. The van der Waals surface area contributed by atoms with Crippen molar-refractivity contribution in [3.8, 4) is 0 Å². The van der Waals surface area contributed by atoms with Gasteiger partial charge in [0.15, 0.2) is 0 Å². The summed E-state index contributed by atoms with van der Waals surface area (Å²) in [4.78, 5) is 2.57. The molecule has 2 aliphatic carbocycles. The van der Waals surface area contributed by atoms with E-state index < -0.39 is 0 Å². The van der Waals surface area contributed by atoms with Gasteiger partial charge in [0.05, 0.1) is 0 Å². The Labute approximate surface area is 57.0 Å². The fourth-order valence-corrected chi connectivity index (χ4v) is 1.48. The van der Waals surface area contributed by atoms with Crippen molar-refractivity contribution in [2.75, 3.05) is 6.54 Å². The van der Waals surface area contributed by atoms with E-state index in [-0.39, 0.29) is 0 Å². The average molecular weight is 124 g/mol. The minimum Gasteiger partial charge on any atom is -0.297 e. The predicted octanol–water partition coefficient (Wildman–Crippen LogP) is 1.45. The van der Waals surface area contributed by atoms with Crippen LogP contribution in [-0.4, -0.2) is 23.5 Å². The van der Waals surface area contributed by atoms with Crippen molar-refractivity contribution in [1.82, 2.24) is 4.90 Å². The van der Waals surface area contributed by atoms with Crippen molar-refractivity contribution in [3.05, 3.63) is 6.92 Å². The Hall–Kier alpha value is -0.0400. The molecular weight excluding hydrogens is 110 g/mol. The summed E-state index contributed by atoms with van der Waals surface area (Å²) in [6.07, 6.45) is 5.75. The Morgan fingerprint density at radius 1 is 1.11 bits per heavy atom. The SMILES string of the molecule is [CH2]CN(C1CC1)C1CC1. The molecule has 2 fully saturated rings. The van der Waals surface area contributed by atoms with E-state index in [2.05, 4.69) is 11.8 Å². The first-order valence-electron chi connectivity index (χ1n) is 3.97. The molecule has 0 amide bonds. The molecule has 2 saturated carbocycles. The lowest BCUT2D eigenvalue weighted by Gasteiger charge is -2.17. The average Bonchev–Trinajstić information content (AvgIpc) is 2.61. The number of nitrogens with zero attached hydrogens (tertiary/aromatic N) is 1. The van der Waals surface area contributed by atoms with Gasteiger partial charge >= 0.3 is 0 Å². The molecule has 1 nitrogen and oxygen atoms in total. The van der Waals surface area contributed by atoms with Crippen molar-refractivity contribution in [3.63, 3.8) is 0 Å². The highest BCUT2D eigenvalue weighted by Gasteiger charge is 2.37. The molecule has 0 bridgehead atoms. The van der Waals surface area contributed by atoms with Gasteiger partial charge in [0.2, 0.25) is 0 Å². The van der Waals surface area contributed by atoms with Crippen molar-refractivity contribution >= 4 is 0 Å². The maximum Gasteiger partial charge on any atom is 0.00993 e. The van der Waals surface area contributed by atoms with Gasteiger partial charge in [0, 0.05) is 12.1 Å². The van der Waals surface area contributed by atoms with Gasteiger partial charge in [-0.2, -0.15) is 0 Å². The summed E-state index contributed by atoms with van der Waals surface area (Å²) in [6.45, 7) is 4.97. The third kappa shape index (κ3) is 1.11. The summed E-state index contributed by atoms with van der Waals surface area (Å²) in [5, 5.41) is 0. The van der Waals surface area contributed by atoms with E-state index in [4.69, 9.17) is 0 Å². The van der Waals surface area contributed by atoms with Crippen LogP contribution in [0.1, 0.15) is 25.7 Å². The topological polar surface area (TPSA) is 3.24 Å². The van der Waals surface area contributed by atoms with E-state index in [9.17, 15) is 0 Å².